The van der Waals surface area contributed by atoms with Gasteiger partial charge in [-0.25, -0.2) is 0 Å². The Morgan fingerprint density at radius 3 is 2.82 bits per heavy atom. The van der Waals surface area contributed by atoms with E-state index in [1.54, 1.807) is 12.0 Å². The van der Waals surface area contributed by atoms with Crippen LogP contribution in [0.15, 0.2) is 29.2 Å². The van der Waals surface area contributed by atoms with Crippen LogP contribution in [0.3, 0.4) is 0 Å². The van der Waals surface area contributed by atoms with Crippen molar-refractivity contribution in [3.8, 4) is 5.75 Å². The largest absolute Gasteiger partial charge is 0.497 e. The molecule has 5 nitrogen and oxygen atoms in total. The number of thioether (sulfide) groups is 1. The minimum absolute atomic E-state index is 0.0860. The van der Waals surface area contributed by atoms with E-state index in [1.807, 2.05) is 35.2 Å². The highest BCUT2D eigenvalue weighted by Gasteiger charge is 2.32. The first-order chi connectivity index (χ1) is 13.5. The molecule has 0 atom stereocenters. The number of hydrogen-bond donors (Lipinski definition) is 0. The van der Waals surface area contributed by atoms with Gasteiger partial charge in [0.25, 0.3) is 5.91 Å². The molecule has 0 unspecified atom stereocenters. The number of ether oxygens (including phenoxy) is 1. The Bertz CT molecular complexity index is 786. The summed E-state index contributed by atoms with van der Waals surface area (Å²) in [6, 6.07) is 7.55. The minimum atomic E-state index is -0.0860. The molecule has 0 spiro atoms. The van der Waals surface area contributed by atoms with Crippen molar-refractivity contribution in [2.24, 2.45) is 5.92 Å². The van der Waals surface area contributed by atoms with Crippen LogP contribution in [0.5, 0.6) is 5.75 Å². The van der Waals surface area contributed by atoms with Crippen LogP contribution in [0.4, 0.5) is 0 Å². The van der Waals surface area contributed by atoms with Gasteiger partial charge in [-0.15, -0.1) is 0 Å². The number of thiocarbonyl (C=S) groups is 1. The standard InChI is InChI=1S/C21H26N2O3S2/c1-15-8-11-22(12-9-15)19(24)7-4-10-23-20(25)18(28-21(23)27)14-16-5-3-6-17(13-16)26-2/h3,5-6,13-15H,4,7-12H2,1-2H3/b18-14-. The molecule has 0 bridgehead atoms. The molecule has 150 valence electrons. The lowest BCUT2D eigenvalue weighted by Crippen LogP contribution is -2.38. The van der Waals surface area contributed by atoms with Gasteiger partial charge in [0.05, 0.1) is 12.0 Å². The van der Waals surface area contributed by atoms with E-state index >= 15 is 0 Å². The highest BCUT2D eigenvalue weighted by molar-refractivity contribution is 8.26. The molecular weight excluding hydrogens is 392 g/mol. The SMILES string of the molecule is COc1cccc(/C=C2\SC(=S)N(CCCC(=O)N3CCC(C)CC3)C2=O)c1. The van der Waals surface area contributed by atoms with Crippen LogP contribution in [0.25, 0.3) is 6.08 Å². The number of amides is 2. The van der Waals surface area contributed by atoms with E-state index in [4.69, 9.17) is 17.0 Å². The molecule has 3 rings (SSSR count). The second-order valence-corrected chi connectivity index (χ2v) is 8.95. The van der Waals surface area contributed by atoms with Gasteiger partial charge in [0.15, 0.2) is 0 Å². The summed E-state index contributed by atoms with van der Waals surface area (Å²) in [6.45, 7) is 4.42. The molecule has 0 aliphatic carbocycles. The summed E-state index contributed by atoms with van der Waals surface area (Å²) < 4.78 is 5.78. The van der Waals surface area contributed by atoms with Gasteiger partial charge in [0.2, 0.25) is 5.91 Å². The number of piperidine rings is 1. The molecule has 2 aliphatic rings. The zero-order valence-electron chi connectivity index (χ0n) is 16.3. The predicted octanol–water partition coefficient (Wildman–Crippen LogP) is 3.94. The second kappa shape index (κ2) is 9.56. The lowest BCUT2D eigenvalue weighted by molar-refractivity contribution is -0.133. The normalized spacial score (nSPS) is 19.6. The van der Waals surface area contributed by atoms with Gasteiger partial charge in [-0.2, -0.15) is 0 Å². The first kappa shape index (κ1) is 20.9. The number of carbonyl (C=O) groups excluding carboxylic acids is 2. The number of carbonyl (C=O) groups is 2. The Hall–Kier alpha value is -1.86. The Morgan fingerprint density at radius 1 is 1.36 bits per heavy atom. The fourth-order valence-corrected chi connectivity index (χ4v) is 4.69. The highest BCUT2D eigenvalue weighted by Crippen LogP contribution is 2.33. The number of benzene rings is 1. The summed E-state index contributed by atoms with van der Waals surface area (Å²) in [6.07, 6.45) is 5.08. The molecule has 2 saturated heterocycles. The van der Waals surface area contributed by atoms with Crippen LogP contribution in [0, 0.1) is 5.92 Å². The third kappa shape index (κ3) is 5.14. The molecule has 2 amide bonds. The predicted molar refractivity (Wildman–Crippen MR) is 117 cm³/mol. The van der Waals surface area contributed by atoms with Crippen molar-refractivity contribution in [2.45, 2.75) is 32.6 Å². The summed E-state index contributed by atoms with van der Waals surface area (Å²) in [7, 11) is 1.62. The smallest absolute Gasteiger partial charge is 0.266 e. The molecule has 0 N–H and O–H groups in total. The number of likely N-dealkylation sites (tertiary alicyclic amines) is 1. The van der Waals surface area contributed by atoms with Crippen LogP contribution >= 0.6 is 24.0 Å². The Kier molecular flexibility index (Phi) is 7.13. The molecule has 0 aromatic heterocycles. The van der Waals surface area contributed by atoms with E-state index in [1.165, 1.54) is 11.8 Å². The highest BCUT2D eigenvalue weighted by atomic mass is 32.2. The maximum Gasteiger partial charge on any atom is 0.266 e. The third-order valence-electron chi connectivity index (χ3n) is 5.17. The van der Waals surface area contributed by atoms with Gasteiger partial charge in [-0.05, 0) is 49.0 Å². The van der Waals surface area contributed by atoms with E-state index < -0.39 is 0 Å². The van der Waals surface area contributed by atoms with Gasteiger partial charge >= 0.3 is 0 Å². The summed E-state index contributed by atoms with van der Waals surface area (Å²) in [5.74, 6) is 1.55. The van der Waals surface area contributed by atoms with Crippen molar-refractivity contribution in [2.75, 3.05) is 26.7 Å². The average Bonchev–Trinajstić information content (AvgIpc) is 2.96. The average molecular weight is 419 g/mol. The first-order valence-corrected chi connectivity index (χ1v) is 10.9. The first-order valence-electron chi connectivity index (χ1n) is 9.65. The van der Waals surface area contributed by atoms with Crippen LogP contribution in [-0.4, -0.2) is 52.7 Å². The number of rotatable bonds is 6. The van der Waals surface area contributed by atoms with Crippen LogP contribution < -0.4 is 4.74 Å². The van der Waals surface area contributed by atoms with Crippen LogP contribution in [0.1, 0.15) is 38.2 Å². The molecule has 2 aliphatic heterocycles. The van der Waals surface area contributed by atoms with Crippen LogP contribution in [-0.2, 0) is 9.59 Å². The summed E-state index contributed by atoms with van der Waals surface area (Å²) in [5.41, 5.74) is 0.898. The third-order valence-corrected chi connectivity index (χ3v) is 6.55. The lowest BCUT2D eigenvalue weighted by atomic mass is 9.99. The topological polar surface area (TPSA) is 49.9 Å². The lowest BCUT2D eigenvalue weighted by Gasteiger charge is -2.30. The fraction of sp³-hybridized carbons (Fsp3) is 0.476. The summed E-state index contributed by atoms with van der Waals surface area (Å²) in [5, 5.41) is 0. The van der Waals surface area contributed by atoms with Crippen molar-refractivity contribution in [3.05, 3.63) is 34.7 Å². The Balaban J connectivity index is 1.53. The van der Waals surface area contributed by atoms with Crippen molar-refractivity contribution in [1.29, 1.82) is 0 Å². The van der Waals surface area contributed by atoms with Gasteiger partial charge in [0.1, 0.15) is 10.1 Å². The van der Waals surface area contributed by atoms with Gasteiger partial charge in [-0.3, -0.25) is 14.5 Å². The minimum Gasteiger partial charge on any atom is -0.497 e. The monoisotopic (exact) mass is 418 g/mol. The molecule has 7 heteroatoms. The molecule has 1 aromatic carbocycles. The van der Waals surface area contributed by atoms with E-state index in [2.05, 4.69) is 6.92 Å². The number of methoxy groups -OCH3 is 1. The van der Waals surface area contributed by atoms with E-state index in [9.17, 15) is 9.59 Å². The van der Waals surface area contributed by atoms with E-state index in [-0.39, 0.29) is 11.8 Å². The van der Waals surface area contributed by atoms with Gasteiger partial charge in [0, 0.05) is 26.1 Å². The fourth-order valence-electron chi connectivity index (χ4n) is 3.38. The second-order valence-electron chi connectivity index (χ2n) is 7.28. The van der Waals surface area contributed by atoms with Crippen molar-refractivity contribution in [3.63, 3.8) is 0 Å². The van der Waals surface area contributed by atoms with Gasteiger partial charge in [-0.1, -0.05) is 43.0 Å². The van der Waals surface area contributed by atoms with E-state index in [0.717, 1.165) is 37.2 Å². The maximum atomic E-state index is 12.7. The number of nitrogens with zero attached hydrogens (tertiary/aromatic N) is 2. The molecule has 0 radical (unpaired) electrons. The Labute approximate surface area is 176 Å². The zero-order chi connectivity index (χ0) is 20.1. The zero-order valence-corrected chi connectivity index (χ0v) is 18.0. The summed E-state index contributed by atoms with van der Waals surface area (Å²) in [4.78, 5) is 29.2. The molecular formula is C21H26N2O3S2. The van der Waals surface area contributed by atoms with Crippen LogP contribution in [0.2, 0.25) is 0 Å². The van der Waals surface area contributed by atoms with Crippen molar-refractivity contribution >= 4 is 46.2 Å². The van der Waals surface area contributed by atoms with E-state index in [0.29, 0.717) is 34.5 Å². The Morgan fingerprint density at radius 2 is 2.11 bits per heavy atom. The van der Waals surface area contributed by atoms with Gasteiger partial charge < -0.3 is 9.64 Å². The van der Waals surface area contributed by atoms with Crippen molar-refractivity contribution < 1.29 is 14.3 Å². The molecule has 28 heavy (non-hydrogen) atoms. The number of hydrogen-bond acceptors (Lipinski definition) is 5. The van der Waals surface area contributed by atoms with Crippen molar-refractivity contribution in [1.82, 2.24) is 9.80 Å². The quantitative estimate of drug-likeness (QED) is 0.517. The molecule has 2 heterocycles. The molecule has 1 aromatic rings. The maximum absolute atomic E-state index is 12.7. The molecule has 0 saturated carbocycles. The summed E-state index contributed by atoms with van der Waals surface area (Å²) >= 11 is 6.69. The molecule has 2 fully saturated rings.